The van der Waals surface area contributed by atoms with Gasteiger partial charge < -0.3 is 0 Å². The van der Waals surface area contributed by atoms with E-state index in [1.807, 2.05) is 24.3 Å². The Kier molecular flexibility index (Phi) is 18.5. The number of aryl methyl sites for hydroxylation is 2. The summed E-state index contributed by atoms with van der Waals surface area (Å²) in [5.41, 5.74) is 2.66. The molecule has 0 saturated carbocycles. The van der Waals surface area contributed by atoms with E-state index >= 15 is 0 Å². The van der Waals surface area contributed by atoms with Crippen molar-refractivity contribution in [2.24, 2.45) is 0 Å². The molecule has 0 aromatic heterocycles. The summed E-state index contributed by atoms with van der Waals surface area (Å²) in [5, 5.41) is 0.764. The molecule has 1 unspecified atom stereocenters. The van der Waals surface area contributed by atoms with Gasteiger partial charge in [0.05, 0.1) is 0 Å². The largest absolute Gasteiger partial charge is 0.597 e. The third kappa shape index (κ3) is 13.8. The van der Waals surface area contributed by atoms with Gasteiger partial charge in [0.25, 0.3) is 0 Å². The number of benzene rings is 2. The van der Waals surface area contributed by atoms with E-state index < -0.39 is 8.03 Å². The molecule has 0 fully saturated rings. The Bertz CT molecular complexity index is 758. The number of hydrogen-bond acceptors (Lipinski definition) is 2. The standard InChI is InChI=1S/C30H46O2P.Mo/c1-3-5-7-9-11-13-15-17-27-19-23-29(24-20-27)32-33(31)30-25-21-28(22-26-30)18-16-14-12-10-8-6-4-2;/h19-26H,3-18H2,1-2H3;/q+1;. The van der Waals surface area contributed by atoms with Gasteiger partial charge in [-0.2, -0.15) is 0 Å². The maximum absolute atomic E-state index is 12.6. The van der Waals surface area contributed by atoms with Crippen LogP contribution in [0, 0.1) is 0 Å². The molecule has 4 heteroatoms. The molecule has 2 nitrogen and oxygen atoms in total. The molecule has 188 valence electrons. The van der Waals surface area contributed by atoms with E-state index in [2.05, 4.69) is 38.1 Å². The van der Waals surface area contributed by atoms with Gasteiger partial charge in [-0.15, -0.1) is 0 Å². The molecule has 0 bridgehead atoms. The molecule has 0 amide bonds. The van der Waals surface area contributed by atoms with Crippen LogP contribution in [0.1, 0.15) is 115 Å². The summed E-state index contributed by atoms with van der Waals surface area (Å²) in [5.74, 6) is 0.687. The molecule has 0 N–H and O–H groups in total. The van der Waals surface area contributed by atoms with Gasteiger partial charge in [-0.05, 0) is 65.6 Å². The minimum Gasteiger partial charge on any atom is -0.250 e. The molecule has 34 heavy (non-hydrogen) atoms. The van der Waals surface area contributed by atoms with Crippen molar-refractivity contribution in [1.29, 1.82) is 0 Å². The summed E-state index contributed by atoms with van der Waals surface area (Å²) in [4.78, 5) is 0. The Morgan fingerprint density at radius 1 is 0.559 bits per heavy atom. The summed E-state index contributed by atoms with van der Waals surface area (Å²) in [7, 11) is -1.87. The van der Waals surface area contributed by atoms with Crippen LogP contribution in [0.15, 0.2) is 48.5 Å². The molecule has 2 aromatic rings. The molecule has 2 aromatic carbocycles. The van der Waals surface area contributed by atoms with Crippen molar-refractivity contribution in [3.8, 4) is 5.75 Å². The van der Waals surface area contributed by atoms with Crippen molar-refractivity contribution < 1.29 is 30.2 Å². The first-order chi connectivity index (χ1) is 16.2. The summed E-state index contributed by atoms with van der Waals surface area (Å²) in [6, 6.07) is 16.3. The summed E-state index contributed by atoms with van der Waals surface area (Å²) < 4.78 is 18.4. The molecule has 0 aliphatic rings. The zero-order valence-corrected chi connectivity index (χ0v) is 24.5. The molecule has 1 atom stereocenters. The molecule has 0 aliphatic heterocycles. The Morgan fingerprint density at radius 3 is 1.38 bits per heavy atom. The van der Waals surface area contributed by atoms with Crippen LogP contribution in [-0.4, -0.2) is 0 Å². The van der Waals surface area contributed by atoms with E-state index in [1.54, 1.807) is 0 Å². The summed E-state index contributed by atoms with van der Waals surface area (Å²) in [6.07, 6.45) is 20.8. The van der Waals surface area contributed by atoms with Crippen LogP contribution in [0.2, 0.25) is 0 Å². The molecule has 0 heterocycles. The molecule has 0 radical (unpaired) electrons. The van der Waals surface area contributed by atoms with Gasteiger partial charge in [-0.3, -0.25) is 4.52 Å². The second-order valence-corrected chi connectivity index (χ2v) is 10.6. The predicted molar refractivity (Wildman–Crippen MR) is 144 cm³/mol. The SMILES string of the molecule is CCCCCCCCCc1ccc(O[P+](=O)c2ccc(CCCCCCCCC)cc2)cc1.[Mo]. The van der Waals surface area contributed by atoms with E-state index in [1.165, 1.54) is 101 Å². The minimum absolute atomic E-state index is 0. The number of unbranched alkanes of at least 4 members (excludes halogenated alkanes) is 12. The third-order valence-electron chi connectivity index (χ3n) is 6.40. The molecule has 0 saturated heterocycles. The predicted octanol–water partition coefficient (Wildman–Crippen LogP) is 9.72. The second-order valence-electron chi connectivity index (χ2n) is 9.40. The molecular formula is C30H46MoO2P+. The Balaban J connectivity index is 0.00000578. The zero-order chi connectivity index (χ0) is 23.6. The maximum Gasteiger partial charge on any atom is 0.597 e. The van der Waals surface area contributed by atoms with E-state index in [0.717, 1.165) is 18.1 Å². The fraction of sp³-hybridized carbons (Fsp3) is 0.600. The smallest absolute Gasteiger partial charge is 0.250 e. The second kappa shape index (κ2) is 20.2. The van der Waals surface area contributed by atoms with Crippen LogP contribution in [0.25, 0.3) is 0 Å². The molecule has 2 rings (SSSR count). The van der Waals surface area contributed by atoms with Gasteiger partial charge in [0.2, 0.25) is 5.30 Å². The van der Waals surface area contributed by atoms with Gasteiger partial charge in [0, 0.05) is 21.1 Å². The van der Waals surface area contributed by atoms with Gasteiger partial charge in [0.1, 0.15) is 0 Å². The normalized spacial score (nSPS) is 11.2. The summed E-state index contributed by atoms with van der Waals surface area (Å²) >= 11 is 0. The van der Waals surface area contributed by atoms with Crippen LogP contribution >= 0.6 is 8.03 Å². The average Bonchev–Trinajstić information content (AvgIpc) is 2.84. The van der Waals surface area contributed by atoms with E-state index in [-0.39, 0.29) is 21.1 Å². The van der Waals surface area contributed by atoms with Gasteiger partial charge >= 0.3 is 8.03 Å². The van der Waals surface area contributed by atoms with Gasteiger partial charge in [0.15, 0.2) is 5.75 Å². The van der Waals surface area contributed by atoms with E-state index in [0.29, 0.717) is 5.75 Å². The van der Waals surface area contributed by atoms with Crippen LogP contribution in [-0.2, 0) is 38.5 Å². The molecule has 0 spiro atoms. The third-order valence-corrected chi connectivity index (χ3v) is 7.49. The average molecular weight is 566 g/mol. The van der Waals surface area contributed by atoms with Crippen LogP contribution in [0.4, 0.5) is 0 Å². The van der Waals surface area contributed by atoms with E-state index in [9.17, 15) is 4.57 Å². The van der Waals surface area contributed by atoms with Gasteiger partial charge in [-0.1, -0.05) is 115 Å². The van der Waals surface area contributed by atoms with Crippen LogP contribution < -0.4 is 9.83 Å². The summed E-state index contributed by atoms with van der Waals surface area (Å²) in [6.45, 7) is 4.52. The maximum atomic E-state index is 12.6. The van der Waals surface area contributed by atoms with Crippen molar-refractivity contribution in [2.45, 2.75) is 117 Å². The van der Waals surface area contributed by atoms with Gasteiger partial charge in [-0.25, -0.2) is 0 Å². The fourth-order valence-corrected chi connectivity index (χ4v) is 5.03. The van der Waals surface area contributed by atoms with Crippen molar-refractivity contribution in [1.82, 2.24) is 0 Å². The Hall–Kier alpha value is -0.972. The van der Waals surface area contributed by atoms with Crippen LogP contribution in [0.3, 0.4) is 0 Å². The number of hydrogen-bond donors (Lipinski definition) is 0. The zero-order valence-electron chi connectivity index (χ0n) is 21.6. The van der Waals surface area contributed by atoms with E-state index in [4.69, 9.17) is 4.52 Å². The van der Waals surface area contributed by atoms with Crippen molar-refractivity contribution in [3.63, 3.8) is 0 Å². The number of rotatable bonds is 19. The minimum atomic E-state index is -1.87. The topological polar surface area (TPSA) is 26.3 Å². The molecular weight excluding hydrogens is 519 g/mol. The monoisotopic (exact) mass is 567 g/mol. The first kappa shape index (κ1) is 31.1. The quantitative estimate of drug-likeness (QED) is 0.0963. The van der Waals surface area contributed by atoms with Crippen molar-refractivity contribution in [3.05, 3.63) is 59.7 Å². The molecule has 0 aliphatic carbocycles. The Labute approximate surface area is 224 Å². The Morgan fingerprint density at radius 2 is 0.941 bits per heavy atom. The van der Waals surface area contributed by atoms with Crippen molar-refractivity contribution >= 4 is 13.3 Å². The van der Waals surface area contributed by atoms with Crippen molar-refractivity contribution in [2.75, 3.05) is 0 Å². The van der Waals surface area contributed by atoms with Crippen LogP contribution in [0.5, 0.6) is 5.75 Å². The fourth-order valence-electron chi connectivity index (χ4n) is 4.22. The first-order valence-electron chi connectivity index (χ1n) is 13.6. The first-order valence-corrected chi connectivity index (χ1v) is 14.7.